The largest absolute Gasteiger partial charge is 0.455 e. The summed E-state index contributed by atoms with van der Waals surface area (Å²) in [5, 5.41) is 7.00. The molecule has 0 unspecified atom stereocenters. The van der Waals surface area contributed by atoms with E-state index in [0.717, 1.165) is 66.1 Å². The summed E-state index contributed by atoms with van der Waals surface area (Å²) in [5.41, 5.74) is 10.4. The predicted octanol–water partition coefficient (Wildman–Crippen LogP) is 11.8. The van der Waals surface area contributed by atoms with Crippen LogP contribution in [-0.4, -0.2) is 9.97 Å². The molecule has 0 aliphatic rings. The summed E-state index contributed by atoms with van der Waals surface area (Å²) in [4.78, 5) is 10.4. The van der Waals surface area contributed by atoms with E-state index in [1.165, 1.54) is 21.9 Å². The lowest BCUT2D eigenvalue weighted by Crippen LogP contribution is -2.11. The SMILES string of the molecule is CC(C)(C)c1ccc2c(c1)c1cc(C(C)(C)C)ccc1c1nc(-c3cccc(-c4cccc5c4oc4ccccc45)c3)cnc21. The Morgan fingerprint density at radius 1 is 0.511 bits per heavy atom. The molecular formula is C42H36N2O. The lowest BCUT2D eigenvalue weighted by atomic mass is 9.83. The Hall–Kier alpha value is -5.02. The number of benzene rings is 6. The van der Waals surface area contributed by atoms with Crippen molar-refractivity contribution in [2.75, 3.05) is 0 Å². The van der Waals surface area contributed by atoms with Gasteiger partial charge in [0.05, 0.1) is 22.9 Å². The molecule has 0 aliphatic carbocycles. The number of furan rings is 1. The maximum absolute atomic E-state index is 6.37. The van der Waals surface area contributed by atoms with Gasteiger partial charge in [0.15, 0.2) is 0 Å². The van der Waals surface area contributed by atoms with Gasteiger partial charge in [-0.05, 0) is 62.6 Å². The van der Waals surface area contributed by atoms with Crippen molar-refractivity contribution in [3.05, 3.63) is 120 Å². The number of rotatable bonds is 2. The summed E-state index contributed by atoms with van der Waals surface area (Å²) in [7, 11) is 0. The fraction of sp³-hybridized carbons (Fsp3) is 0.190. The highest BCUT2D eigenvalue weighted by Crippen LogP contribution is 2.40. The quantitative estimate of drug-likeness (QED) is 0.190. The highest BCUT2D eigenvalue weighted by Gasteiger charge is 2.20. The zero-order valence-corrected chi connectivity index (χ0v) is 26.7. The number of fused-ring (bicyclic) bond motifs is 9. The van der Waals surface area contributed by atoms with Crippen LogP contribution in [0.2, 0.25) is 0 Å². The third kappa shape index (κ3) is 4.49. The van der Waals surface area contributed by atoms with Crippen LogP contribution in [0.15, 0.2) is 114 Å². The molecule has 3 heteroatoms. The van der Waals surface area contributed by atoms with E-state index in [-0.39, 0.29) is 10.8 Å². The van der Waals surface area contributed by atoms with E-state index >= 15 is 0 Å². The second-order valence-electron chi connectivity index (χ2n) is 14.3. The third-order valence-electron chi connectivity index (χ3n) is 9.22. The summed E-state index contributed by atoms with van der Waals surface area (Å²) >= 11 is 0. The van der Waals surface area contributed by atoms with Gasteiger partial charge in [-0.15, -0.1) is 0 Å². The van der Waals surface area contributed by atoms with Crippen LogP contribution in [0, 0.1) is 0 Å². The van der Waals surface area contributed by atoms with Crippen LogP contribution in [0.25, 0.3) is 76.9 Å². The molecular weight excluding hydrogens is 548 g/mol. The molecule has 0 radical (unpaired) electrons. The molecule has 0 spiro atoms. The van der Waals surface area contributed by atoms with Gasteiger partial charge in [-0.2, -0.15) is 0 Å². The van der Waals surface area contributed by atoms with Gasteiger partial charge < -0.3 is 4.42 Å². The van der Waals surface area contributed by atoms with E-state index in [2.05, 4.69) is 133 Å². The maximum Gasteiger partial charge on any atom is 0.143 e. The van der Waals surface area contributed by atoms with E-state index < -0.39 is 0 Å². The fourth-order valence-electron chi connectivity index (χ4n) is 6.61. The summed E-state index contributed by atoms with van der Waals surface area (Å²) in [5.74, 6) is 0. The number of hydrogen-bond donors (Lipinski definition) is 0. The van der Waals surface area contributed by atoms with Gasteiger partial charge in [0.25, 0.3) is 0 Å². The molecule has 0 atom stereocenters. The molecule has 0 bridgehead atoms. The normalized spacial score (nSPS) is 12.7. The third-order valence-corrected chi connectivity index (χ3v) is 9.22. The van der Waals surface area contributed by atoms with Crippen molar-refractivity contribution < 1.29 is 4.42 Å². The first kappa shape index (κ1) is 27.5. The Bertz CT molecular complexity index is 2450. The Balaban J connectivity index is 1.34. The highest BCUT2D eigenvalue weighted by molar-refractivity contribution is 6.23. The minimum atomic E-state index is 0.0355. The Labute approximate surface area is 263 Å². The van der Waals surface area contributed by atoms with Crippen LogP contribution in [-0.2, 0) is 10.8 Å². The minimum absolute atomic E-state index is 0.0355. The van der Waals surface area contributed by atoms with Gasteiger partial charge in [0.1, 0.15) is 11.2 Å². The molecule has 8 aromatic rings. The van der Waals surface area contributed by atoms with Crippen LogP contribution < -0.4 is 0 Å². The summed E-state index contributed by atoms with van der Waals surface area (Å²) in [6, 6.07) is 36.9. The van der Waals surface area contributed by atoms with E-state index in [1.807, 2.05) is 18.3 Å². The number of nitrogens with zero attached hydrogens (tertiary/aromatic N) is 2. The second-order valence-corrected chi connectivity index (χ2v) is 14.3. The van der Waals surface area contributed by atoms with Crippen LogP contribution in [0.3, 0.4) is 0 Å². The zero-order chi connectivity index (χ0) is 31.1. The highest BCUT2D eigenvalue weighted by atomic mass is 16.3. The Morgan fingerprint density at radius 2 is 1.13 bits per heavy atom. The molecule has 8 rings (SSSR count). The topological polar surface area (TPSA) is 38.9 Å². The molecule has 0 saturated carbocycles. The van der Waals surface area contributed by atoms with Crippen LogP contribution >= 0.6 is 0 Å². The average molecular weight is 585 g/mol. The van der Waals surface area contributed by atoms with Crippen molar-refractivity contribution >= 4 is 54.5 Å². The van der Waals surface area contributed by atoms with Crippen LogP contribution in [0.5, 0.6) is 0 Å². The summed E-state index contributed by atoms with van der Waals surface area (Å²) in [6.45, 7) is 13.6. The lowest BCUT2D eigenvalue weighted by molar-refractivity contribution is 0.590. The minimum Gasteiger partial charge on any atom is -0.455 e. The summed E-state index contributed by atoms with van der Waals surface area (Å²) < 4.78 is 6.37. The van der Waals surface area contributed by atoms with Crippen molar-refractivity contribution in [1.82, 2.24) is 9.97 Å². The van der Waals surface area contributed by atoms with E-state index in [0.29, 0.717) is 0 Å². The van der Waals surface area contributed by atoms with Gasteiger partial charge in [0, 0.05) is 32.7 Å². The molecule has 0 aliphatic heterocycles. The lowest BCUT2D eigenvalue weighted by Gasteiger charge is -2.22. The number of hydrogen-bond acceptors (Lipinski definition) is 3. The fourth-order valence-corrected chi connectivity index (χ4v) is 6.61. The van der Waals surface area contributed by atoms with E-state index in [4.69, 9.17) is 14.4 Å². The van der Waals surface area contributed by atoms with Gasteiger partial charge in [0.2, 0.25) is 0 Å². The van der Waals surface area contributed by atoms with Gasteiger partial charge in [-0.3, -0.25) is 4.98 Å². The standard InChI is InChI=1S/C42H36N2O/c1-41(2,3)27-17-19-31-34(22-27)35-23-28(42(4,5)6)18-20-32(35)39-38(31)43-24-36(44-39)26-12-9-11-25(21-26)29-14-10-15-33-30-13-7-8-16-37(30)45-40(29)33/h7-24H,1-6H3. The van der Waals surface area contributed by atoms with Gasteiger partial charge >= 0.3 is 0 Å². The maximum atomic E-state index is 6.37. The first-order valence-corrected chi connectivity index (χ1v) is 15.7. The molecule has 0 N–H and O–H groups in total. The van der Waals surface area contributed by atoms with Crippen molar-refractivity contribution in [3.8, 4) is 22.4 Å². The van der Waals surface area contributed by atoms with Crippen LogP contribution in [0.1, 0.15) is 52.7 Å². The summed E-state index contributed by atoms with van der Waals surface area (Å²) in [6.07, 6.45) is 1.93. The molecule has 3 nitrogen and oxygen atoms in total. The molecule has 2 heterocycles. The average Bonchev–Trinajstić information content (AvgIpc) is 3.42. The van der Waals surface area contributed by atoms with Crippen molar-refractivity contribution in [2.24, 2.45) is 0 Å². The van der Waals surface area contributed by atoms with E-state index in [9.17, 15) is 0 Å². The van der Waals surface area contributed by atoms with E-state index in [1.54, 1.807) is 0 Å². The van der Waals surface area contributed by atoms with Crippen molar-refractivity contribution in [1.29, 1.82) is 0 Å². The van der Waals surface area contributed by atoms with Gasteiger partial charge in [-0.1, -0.05) is 120 Å². The number of para-hydroxylation sites is 2. The molecule has 0 fully saturated rings. The molecule has 45 heavy (non-hydrogen) atoms. The number of aromatic nitrogens is 2. The Morgan fingerprint density at radius 3 is 1.84 bits per heavy atom. The second kappa shape index (κ2) is 9.74. The zero-order valence-electron chi connectivity index (χ0n) is 26.7. The van der Waals surface area contributed by atoms with Crippen molar-refractivity contribution in [2.45, 2.75) is 52.4 Å². The first-order chi connectivity index (χ1) is 21.6. The molecule has 6 aromatic carbocycles. The predicted molar refractivity (Wildman–Crippen MR) is 190 cm³/mol. The van der Waals surface area contributed by atoms with Gasteiger partial charge in [-0.25, -0.2) is 4.98 Å². The molecule has 2 aromatic heterocycles. The smallest absolute Gasteiger partial charge is 0.143 e. The van der Waals surface area contributed by atoms with Crippen molar-refractivity contribution in [3.63, 3.8) is 0 Å². The monoisotopic (exact) mass is 584 g/mol. The Kier molecular flexibility index (Phi) is 5.96. The molecule has 0 amide bonds. The molecule has 220 valence electrons. The molecule has 0 saturated heterocycles. The van der Waals surface area contributed by atoms with Crippen LogP contribution in [0.4, 0.5) is 0 Å². The first-order valence-electron chi connectivity index (χ1n) is 15.7.